The number of aromatic nitrogens is 1. The largest absolute Gasteiger partial charge is 0.467 e. The molecule has 1 aliphatic heterocycles. The Morgan fingerprint density at radius 3 is 3.14 bits per heavy atom. The van der Waals surface area contributed by atoms with Crippen molar-refractivity contribution >= 4 is 11.3 Å². The van der Waals surface area contributed by atoms with Crippen molar-refractivity contribution in [3.8, 4) is 0 Å². The molecule has 0 saturated carbocycles. The maximum atomic E-state index is 10.4. The first-order valence-electron chi connectivity index (χ1n) is 7.65. The van der Waals surface area contributed by atoms with Crippen molar-refractivity contribution in [3.63, 3.8) is 0 Å². The summed E-state index contributed by atoms with van der Waals surface area (Å²) in [4.78, 5) is 6.88. The van der Waals surface area contributed by atoms with Gasteiger partial charge >= 0.3 is 0 Å². The molecule has 0 aromatic carbocycles. The highest BCUT2D eigenvalue weighted by Gasteiger charge is 2.25. The summed E-state index contributed by atoms with van der Waals surface area (Å²) in [7, 11) is 0. The van der Waals surface area contributed by atoms with Gasteiger partial charge in [0.05, 0.1) is 17.5 Å². The zero-order chi connectivity index (χ0) is 14.5. The number of furan rings is 1. The number of rotatable bonds is 5. The average Bonchev–Trinajstić information content (AvgIpc) is 3.14. The molecule has 2 aromatic heterocycles. The Morgan fingerprint density at radius 1 is 1.43 bits per heavy atom. The Morgan fingerprint density at radius 2 is 2.38 bits per heavy atom. The minimum atomic E-state index is -0.513. The predicted molar refractivity (Wildman–Crippen MR) is 83.1 cm³/mol. The highest BCUT2D eigenvalue weighted by molar-refractivity contribution is 7.07. The summed E-state index contributed by atoms with van der Waals surface area (Å²) < 4.78 is 5.33. The second-order valence-corrected chi connectivity index (χ2v) is 6.44. The zero-order valence-corrected chi connectivity index (χ0v) is 13.0. The summed E-state index contributed by atoms with van der Waals surface area (Å²) in [6, 6.07) is 4.08. The molecule has 2 atom stereocenters. The van der Waals surface area contributed by atoms with Gasteiger partial charge in [0.15, 0.2) is 0 Å². The SMILES string of the molecule is O[C@@H](C[C@@H]1CCCCCN1Cc1cscn1)c1ccco1. The van der Waals surface area contributed by atoms with Crippen LogP contribution in [0.1, 0.15) is 49.7 Å². The fraction of sp³-hybridized carbons (Fsp3) is 0.562. The Balaban J connectivity index is 1.66. The number of aliphatic hydroxyl groups is 1. The normalized spacial score (nSPS) is 22.0. The third kappa shape index (κ3) is 3.93. The molecule has 3 heterocycles. The van der Waals surface area contributed by atoms with Gasteiger partial charge in [-0.1, -0.05) is 12.8 Å². The third-order valence-electron chi connectivity index (χ3n) is 4.21. The molecule has 1 fully saturated rings. The minimum absolute atomic E-state index is 0.397. The van der Waals surface area contributed by atoms with Gasteiger partial charge in [-0.3, -0.25) is 4.90 Å². The van der Waals surface area contributed by atoms with E-state index in [-0.39, 0.29) is 0 Å². The molecule has 0 bridgehead atoms. The molecule has 0 spiro atoms. The number of aliphatic hydroxyl groups excluding tert-OH is 1. The lowest BCUT2D eigenvalue weighted by atomic mass is 10.0. The van der Waals surface area contributed by atoms with Crippen molar-refractivity contribution in [2.45, 2.75) is 50.8 Å². The van der Waals surface area contributed by atoms with Crippen LogP contribution in [-0.4, -0.2) is 27.6 Å². The van der Waals surface area contributed by atoms with Gasteiger partial charge in [0.2, 0.25) is 0 Å². The van der Waals surface area contributed by atoms with E-state index in [1.807, 2.05) is 17.6 Å². The molecule has 1 aliphatic rings. The molecule has 21 heavy (non-hydrogen) atoms. The van der Waals surface area contributed by atoms with Crippen LogP contribution in [0.15, 0.2) is 33.7 Å². The van der Waals surface area contributed by atoms with Gasteiger partial charge in [-0.15, -0.1) is 11.3 Å². The molecular formula is C16H22N2O2S. The monoisotopic (exact) mass is 306 g/mol. The number of nitrogens with zero attached hydrogens (tertiary/aromatic N) is 2. The second-order valence-electron chi connectivity index (χ2n) is 5.72. The van der Waals surface area contributed by atoms with E-state index in [0.29, 0.717) is 11.8 Å². The average molecular weight is 306 g/mol. The molecule has 3 rings (SSSR count). The van der Waals surface area contributed by atoms with Gasteiger partial charge < -0.3 is 9.52 Å². The van der Waals surface area contributed by atoms with Crippen LogP contribution >= 0.6 is 11.3 Å². The van der Waals surface area contributed by atoms with E-state index in [0.717, 1.165) is 31.6 Å². The topological polar surface area (TPSA) is 49.5 Å². The van der Waals surface area contributed by atoms with E-state index in [1.165, 1.54) is 19.3 Å². The first kappa shape index (κ1) is 14.8. The van der Waals surface area contributed by atoms with E-state index in [2.05, 4.69) is 15.3 Å². The van der Waals surface area contributed by atoms with Crippen LogP contribution < -0.4 is 0 Å². The highest BCUT2D eigenvalue weighted by atomic mass is 32.1. The molecule has 4 nitrogen and oxygen atoms in total. The standard InChI is InChI=1S/C16H22N2O2S/c19-15(16-6-4-8-20-16)9-14-5-2-1-3-7-18(14)10-13-11-21-12-17-13/h4,6,8,11-12,14-15,19H,1-3,5,7,9-10H2/t14-,15-/m0/s1. The van der Waals surface area contributed by atoms with Crippen LogP contribution in [0.25, 0.3) is 0 Å². The quantitative estimate of drug-likeness (QED) is 0.917. The first-order chi connectivity index (χ1) is 10.3. The zero-order valence-electron chi connectivity index (χ0n) is 12.1. The lowest BCUT2D eigenvalue weighted by Crippen LogP contribution is -2.35. The number of hydrogen-bond donors (Lipinski definition) is 1. The summed E-state index contributed by atoms with van der Waals surface area (Å²) in [5.74, 6) is 0.674. The van der Waals surface area contributed by atoms with Crippen LogP contribution in [0.2, 0.25) is 0 Å². The maximum absolute atomic E-state index is 10.4. The van der Waals surface area contributed by atoms with Crippen molar-refractivity contribution < 1.29 is 9.52 Å². The Hall–Kier alpha value is -1.17. The van der Waals surface area contributed by atoms with Gasteiger partial charge in [0.25, 0.3) is 0 Å². The van der Waals surface area contributed by atoms with Gasteiger partial charge in [-0.2, -0.15) is 0 Å². The molecule has 1 saturated heterocycles. The number of thiazole rings is 1. The van der Waals surface area contributed by atoms with Crippen molar-refractivity contribution in [1.29, 1.82) is 0 Å². The van der Waals surface area contributed by atoms with Gasteiger partial charge in [-0.05, 0) is 37.9 Å². The maximum Gasteiger partial charge on any atom is 0.132 e. The Kier molecular flexibility index (Phi) is 5.06. The van der Waals surface area contributed by atoms with Crippen molar-refractivity contribution in [2.24, 2.45) is 0 Å². The van der Waals surface area contributed by atoms with Crippen molar-refractivity contribution in [1.82, 2.24) is 9.88 Å². The van der Waals surface area contributed by atoms with Crippen molar-refractivity contribution in [3.05, 3.63) is 40.7 Å². The van der Waals surface area contributed by atoms with E-state index < -0.39 is 6.10 Å². The Labute approximate surface area is 129 Å². The summed E-state index contributed by atoms with van der Waals surface area (Å²) in [5, 5.41) is 12.5. The predicted octanol–water partition coefficient (Wildman–Crippen LogP) is 3.60. The summed E-state index contributed by atoms with van der Waals surface area (Å²) in [5.41, 5.74) is 3.03. The van der Waals surface area contributed by atoms with Crippen LogP contribution in [-0.2, 0) is 6.54 Å². The molecule has 0 aliphatic carbocycles. The smallest absolute Gasteiger partial charge is 0.132 e. The minimum Gasteiger partial charge on any atom is -0.467 e. The molecule has 114 valence electrons. The fourth-order valence-electron chi connectivity index (χ4n) is 3.09. The molecule has 5 heteroatoms. The highest BCUT2D eigenvalue weighted by Crippen LogP contribution is 2.27. The number of likely N-dealkylation sites (tertiary alicyclic amines) is 1. The van der Waals surface area contributed by atoms with Crippen LogP contribution in [0.3, 0.4) is 0 Å². The van der Waals surface area contributed by atoms with E-state index in [4.69, 9.17) is 4.42 Å². The lowest BCUT2D eigenvalue weighted by molar-refractivity contribution is 0.0826. The number of hydrogen-bond acceptors (Lipinski definition) is 5. The first-order valence-corrected chi connectivity index (χ1v) is 8.60. The summed E-state index contributed by atoms with van der Waals surface area (Å²) >= 11 is 1.64. The second kappa shape index (κ2) is 7.20. The molecule has 2 aromatic rings. The Bertz CT molecular complexity index is 512. The summed E-state index contributed by atoms with van der Waals surface area (Å²) in [6.45, 7) is 1.98. The molecule has 1 N–H and O–H groups in total. The molecular weight excluding hydrogens is 284 g/mol. The van der Waals surface area contributed by atoms with Crippen LogP contribution in [0, 0.1) is 0 Å². The van der Waals surface area contributed by atoms with Gasteiger partial charge in [-0.25, -0.2) is 4.98 Å². The molecule has 0 unspecified atom stereocenters. The van der Waals surface area contributed by atoms with E-state index >= 15 is 0 Å². The van der Waals surface area contributed by atoms with Gasteiger partial charge in [0, 0.05) is 18.0 Å². The molecule has 0 radical (unpaired) electrons. The third-order valence-corrected chi connectivity index (χ3v) is 4.85. The molecule has 0 amide bonds. The van der Waals surface area contributed by atoms with E-state index in [1.54, 1.807) is 17.6 Å². The summed E-state index contributed by atoms with van der Waals surface area (Å²) in [6.07, 6.45) is 6.74. The van der Waals surface area contributed by atoms with Crippen LogP contribution in [0.4, 0.5) is 0 Å². The van der Waals surface area contributed by atoms with E-state index in [9.17, 15) is 5.11 Å². The van der Waals surface area contributed by atoms with Crippen LogP contribution in [0.5, 0.6) is 0 Å². The fourth-order valence-corrected chi connectivity index (χ4v) is 3.64. The van der Waals surface area contributed by atoms with Gasteiger partial charge in [0.1, 0.15) is 11.9 Å². The van der Waals surface area contributed by atoms with Crippen molar-refractivity contribution in [2.75, 3.05) is 6.54 Å². The lowest BCUT2D eigenvalue weighted by Gasteiger charge is -2.30.